The molecule has 0 aliphatic heterocycles. The zero-order chi connectivity index (χ0) is 19.6. The van der Waals surface area contributed by atoms with E-state index in [1.165, 1.54) is 12.3 Å². The minimum atomic E-state index is -0.829. The van der Waals surface area contributed by atoms with E-state index >= 15 is 0 Å². The fourth-order valence-electron chi connectivity index (χ4n) is 2.23. The van der Waals surface area contributed by atoms with Crippen molar-refractivity contribution >= 4 is 35.2 Å². The number of pyridine rings is 1. The number of hydrogen-bond acceptors (Lipinski definition) is 5. The summed E-state index contributed by atoms with van der Waals surface area (Å²) in [5.41, 5.74) is 0.443. The summed E-state index contributed by atoms with van der Waals surface area (Å²) >= 11 is 5.72. The lowest BCUT2D eigenvalue weighted by molar-refractivity contribution is -0.149. The molecule has 8 heteroatoms. The number of amides is 2. The average Bonchev–Trinajstić information content (AvgIpc) is 2.68. The number of benzene rings is 1. The Morgan fingerprint density at radius 2 is 1.89 bits per heavy atom. The third-order valence-electron chi connectivity index (χ3n) is 3.54. The molecule has 0 aliphatic carbocycles. The fourth-order valence-corrected chi connectivity index (χ4v) is 2.35. The van der Waals surface area contributed by atoms with E-state index in [2.05, 4.69) is 15.6 Å². The molecule has 0 fully saturated rings. The van der Waals surface area contributed by atoms with E-state index in [1.54, 1.807) is 36.4 Å². The van der Waals surface area contributed by atoms with Gasteiger partial charge in [0, 0.05) is 11.8 Å². The number of carbonyl (C=O) groups is 3. The van der Waals surface area contributed by atoms with Crippen molar-refractivity contribution in [2.24, 2.45) is 0 Å². The first-order chi connectivity index (χ1) is 13.0. The third kappa shape index (κ3) is 6.71. The van der Waals surface area contributed by atoms with E-state index in [9.17, 15) is 14.4 Å². The van der Waals surface area contributed by atoms with E-state index < -0.39 is 24.5 Å². The van der Waals surface area contributed by atoms with Gasteiger partial charge in [0.2, 0.25) is 0 Å². The SMILES string of the molecule is CCC[C@@H](NC(=O)c1ccccc1)C(=O)OCC(=O)Nc1ccc(Cl)cn1. The number of rotatable bonds is 8. The molecular formula is C19H20ClN3O4. The Morgan fingerprint density at radius 3 is 2.52 bits per heavy atom. The maximum absolute atomic E-state index is 12.3. The number of aromatic nitrogens is 1. The molecule has 0 saturated heterocycles. The Morgan fingerprint density at radius 1 is 1.15 bits per heavy atom. The highest BCUT2D eigenvalue weighted by Crippen LogP contribution is 2.09. The summed E-state index contributed by atoms with van der Waals surface area (Å²) in [6.07, 6.45) is 2.45. The molecule has 1 aromatic heterocycles. The summed E-state index contributed by atoms with van der Waals surface area (Å²) in [7, 11) is 0. The second kappa shape index (κ2) is 10.3. The van der Waals surface area contributed by atoms with Crippen LogP contribution in [0.3, 0.4) is 0 Å². The van der Waals surface area contributed by atoms with Crippen LogP contribution in [0, 0.1) is 0 Å². The first kappa shape index (κ1) is 20.4. The number of anilines is 1. The van der Waals surface area contributed by atoms with Gasteiger partial charge in [-0.05, 0) is 30.7 Å². The van der Waals surface area contributed by atoms with Gasteiger partial charge in [-0.1, -0.05) is 43.1 Å². The van der Waals surface area contributed by atoms with Crippen LogP contribution in [-0.4, -0.2) is 35.4 Å². The maximum atomic E-state index is 12.3. The first-order valence-electron chi connectivity index (χ1n) is 8.43. The lowest BCUT2D eigenvalue weighted by atomic mass is 10.1. The Kier molecular flexibility index (Phi) is 7.76. The van der Waals surface area contributed by atoms with Crippen molar-refractivity contribution in [3.05, 3.63) is 59.2 Å². The van der Waals surface area contributed by atoms with Gasteiger partial charge >= 0.3 is 5.97 Å². The summed E-state index contributed by atoms with van der Waals surface area (Å²) in [6.45, 7) is 1.40. The lowest BCUT2D eigenvalue weighted by Crippen LogP contribution is -2.42. The van der Waals surface area contributed by atoms with Crippen LogP contribution in [0.25, 0.3) is 0 Å². The fraction of sp³-hybridized carbons (Fsp3) is 0.263. The van der Waals surface area contributed by atoms with E-state index in [4.69, 9.17) is 16.3 Å². The highest BCUT2D eigenvalue weighted by atomic mass is 35.5. The van der Waals surface area contributed by atoms with Gasteiger partial charge in [0.05, 0.1) is 5.02 Å². The zero-order valence-electron chi connectivity index (χ0n) is 14.8. The number of carbonyl (C=O) groups excluding carboxylic acids is 3. The van der Waals surface area contributed by atoms with Crippen LogP contribution in [0.15, 0.2) is 48.7 Å². The Hall–Kier alpha value is -2.93. The Balaban J connectivity index is 1.87. The molecule has 2 amide bonds. The number of nitrogens with zero attached hydrogens (tertiary/aromatic N) is 1. The standard InChI is InChI=1S/C19H20ClN3O4/c1-2-6-15(22-18(25)13-7-4-3-5-8-13)19(26)27-12-17(24)23-16-10-9-14(20)11-21-16/h3-5,7-11,15H,2,6,12H2,1H3,(H,22,25)(H,21,23,24)/t15-/m1/s1. The largest absolute Gasteiger partial charge is 0.454 e. The predicted octanol–water partition coefficient (Wildman–Crippen LogP) is 2.82. The van der Waals surface area contributed by atoms with Gasteiger partial charge in [0.1, 0.15) is 11.9 Å². The van der Waals surface area contributed by atoms with Crippen LogP contribution in [0.2, 0.25) is 5.02 Å². The van der Waals surface area contributed by atoms with E-state index in [0.29, 0.717) is 29.2 Å². The van der Waals surface area contributed by atoms with Crippen LogP contribution >= 0.6 is 11.6 Å². The molecule has 0 bridgehead atoms. The Bertz CT molecular complexity index is 781. The van der Waals surface area contributed by atoms with Crippen molar-refractivity contribution in [2.75, 3.05) is 11.9 Å². The molecular weight excluding hydrogens is 370 g/mol. The van der Waals surface area contributed by atoms with Crippen LogP contribution in [0.1, 0.15) is 30.1 Å². The van der Waals surface area contributed by atoms with Crippen molar-refractivity contribution in [3.63, 3.8) is 0 Å². The summed E-state index contributed by atoms with van der Waals surface area (Å²) in [6, 6.07) is 10.8. The van der Waals surface area contributed by atoms with Gasteiger partial charge < -0.3 is 15.4 Å². The lowest BCUT2D eigenvalue weighted by Gasteiger charge is -2.17. The van der Waals surface area contributed by atoms with Gasteiger partial charge in [-0.15, -0.1) is 0 Å². The molecule has 0 saturated carbocycles. The second-order valence-corrected chi connectivity index (χ2v) is 6.13. The molecule has 0 unspecified atom stereocenters. The van der Waals surface area contributed by atoms with Crippen LogP contribution < -0.4 is 10.6 Å². The second-order valence-electron chi connectivity index (χ2n) is 5.70. The molecule has 7 nitrogen and oxygen atoms in total. The Labute approximate surface area is 162 Å². The highest BCUT2D eigenvalue weighted by Gasteiger charge is 2.23. The van der Waals surface area contributed by atoms with Gasteiger partial charge in [-0.25, -0.2) is 9.78 Å². The van der Waals surface area contributed by atoms with Crippen molar-refractivity contribution in [1.29, 1.82) is 0 Å². The predicted molar refractivity (Wildman–Crippen MR) is 101 cm³/mol. The normalized spacial score (nSPS) is 11.3. The van der Waals surface area contributed by atoms with Crippen LogP contribution in [0.5, 0.6) is 0 Å². The van der Waals surface area contributed by atoms with Gasteiger partial charge in [-0.2, -0.15) is 0 Å². The third-order valence-corrected chi connectivity index (χ3v) is 3.77. The van der Waals surface area contributed by atoms with E-state index in [-0.39, 0.29) is 5.91 Å². The smallest absolute Gasteiger partial charge is 0.329 e. The zero-order valence-corrected chi connectivity index (χ0v) is 15.5. The van der Waals surface area contributed by atoms with Crippen molar-refractivity contribution < 1.29 is 19.1 Å². The molecule has 1 heterocycles. The number of nitrogens with one attached hydrogen (secondary N) is 2. The van der Waals surface area contributed by atoms with Crippen molar-refractivity contribution in [1.82, 2.24) is 10.3 Å². The summed E-state index contributed by atoms with van der Waals surface area (Å²) in [4.78, 5) is 40.3. The molecule has 0 spiro atoms. The summed E-state index contributed by atoms with van der Waals surface area (Å²) < 4.78 is 5.03. The van der Waals surface area contributed by atoms with Gasteiger partial charge in [-0.3, -0.25) is 9.59 Å². The molecule has 2 aromatic rings. The molecule has 27 heavy (non-hydrogen) atoms. The van der Waals surface area contributed by atoms with Crippen molar-refractivity contribution in [2.45, 2.75) is 25.8 Å². The quantitative estimate of drug-likeness (QED) is 0.676. The molecule has 2 N–H and O–H groups in total. The minimum Gasteiger partial charge on any atom is -0.454 e. The van der Waals surface area contributed by atoms with Crippen LogP contribution in [-0.2, 0) is 14.3 Å². The first-order valence-corrected chi connectivity index (χ1v) is 8.81. The molecule has 2 rings (SSSR count). The topological polar surface area (TPSA) is 97.4 Å². The molecule has 1 atom stereocenters. The summed E-state index contributed by atoms with van der Waals surface area (Å²) in [5, 5.41) is 5.57. The average molecular weight is 390 g/mol. The van der Waals surface area contributed by atoms with Gasteiger partial charge in [0.25, 0.3) is 11.8 Å². The molecule has 0 aliphatic rings. The number of hydrogen-bond donors (Lipinski definition) is 2. The van der Waals surface area contributed by atoms with E-state index in [1.807, 2.05) is 6.92 Å². The highest BCUT2D eigenvalue weighted by molar-refractivity contribution is 6.30. The summed E-state index contributed by atoms with van der Waals surface area (Å²) in [5.74, 6) is -1.29. The minimum absolute atomic E-state index is 0.294. The maximum Gasteiger partial charge on any atom is 0.329 e. The van der Waals surface area contributed by atoms with Crippen molar-refractivity contribution in [3.8, 4) is 0 Å². The van der Waals surface area contributed by atoms with Gasteiger partial charge in [0.15, 0.2) is 6.61 Å². The van der Waals surface area contributed by atoms with E-state index in [0.717, 1.165) is 0 Å². The number of esters is 1. The molecule has 1 aromatic carbocycles. The monoisotopic (exact) mass is 389 g/mol. The van der Waals surface area contributed by atoms with Crippen LogP contribution in [0.4, 0.5) is 5.82 Å². The molecule has 142 valence electrons. The molecule has 0 radical (unpaired) electrons. The number of halogens is 1. The number of ether oxygens (including phenoxy) is 1.